The Bertz CT molecular complexity index is 2380. The largest absolute Gasteiger partial charge is 0.460 e. The lowest BCUT2D eigenvalue weighted by Crippen LogP contribution is -2.77. The molecule has 0 saturated carbocycles. The average molecular weight is 851 g/mol. The van der Waals surface area contributed by atoms with Gasteiger partial charge in [0, 0.05) is 78.4 Å². The normalized spacial score (nSPS) is 14.7. The Hall–Kier alpha value is -4.08. The predicted octanol–water partition coefficient (Wildman–Crippen LogP) is 4.05. The van der Waals surface area contributed by atoms with Gasteiger partial charge < -0.3 is 19.4 Å². The van der Waals surface area contributed by atoms with Crippen LogP contribution in [0, 0.1) is 19.8 Å². The van der Waals surface area contributed by atoms with E-state index >= 15 is 0 Å². The van der Waals surface area contributed by atoms with E-state index in [9.17, 15) is 35.5 Å². The first kappa shape index (κ1) is 44.0. The standard InChI is InChI=1S/C38H47N3O13S3/c1-23-18-29-33(21-31(23)39-12-6-16-50-53-54-55)51-34-22-32(40-13-7-17-56(44,45)46)24(2)19-30(34)35(29)27-9-8-26(57(47,48)49)20-28(27)36(42)41-14-10-25(11-15-41)37(43)52-38(3,4)5/h8-9,18-22,25,40,55H,6-7,10-17H2,1-5H3,(H,44,45,46)(H,47,48,49)/p+1. The molecular formula is C38H48N3O13S3+. The van der Waals surface area contributed by atoms with Crippen LogP contribution in [0.25, 0.3) is 33.4 Å². The molecule has 4 N–H and O–H groups in total. The Morgan fingerprint density at radius 1 is 0.982 bits per heavy atom. The maximum absolute atomic E-state index is 14.5. The Labute approximate surface area is 336 Å². The van der Waals surface area contributed by atoms with E-state index in [4.69, 9.17) is 14.0 Å². The number of rotatable bonds is 15. The van der Waals surface area contributed by atoms with Gasteiger partial charge >= 0.3 is 5.97 Å². The lowest BCUT2D eigenvalue weighted by Gasteiger charge is -2.33. The first-order valence-corrected chi connectivity index (χ1v) is 21.7. The Kier molecular flexibility index (Phi) is 14.1. The predicted molar refractivity (Wildman–Crippen MR) is 212 cm³/mol. The first-order chi connectivity index (χ1) is 26.8. The van der Waals surface area contributed by atoms with Crippen molar-refractivity contribution in [1.82, 2.24) is 4.90 Å². The first-order valence-electron chi connectivity index (χ1n) is 18.3. The third kappa shape index (κ3) is 11.5. The zero-order valence-corrected chi connectivity index (χ0v) is 34.8. The summed E-state index contributed by atoms with van der Waals surface area (Å²) in [5.74, 6) is -1.23. The Balaban J connectivity index is 1.65. The number of anilines is 1. The third-order valence-corrected chi connectivity index (χ3v) is 11.1. The number of ether oxygens (including phenoxy) is 1. The number of esters is 1. The Morgan fingerprint density at radius 2 is 1.70 bits per heavy atom. The average Bonchev–Trinajstić information content (AvgIpc) is 3.12. The Morgan fingerprint density at radius 3 is 2.35 bits per heavy atom. The SMILES string of the molecule is Cc1cc2c(-c3ccc(S(=O)(=O)O)cc3C(=O)N3CCC(C(=O)OC(C)(C)C)CC3)c3cc(C)c(=[NH+]CCCOOOS)cc-3oc2cc1NCCCS(=O)(=O)O. The fourth-order valence-electron chi connectivity index (χ4n) is 6.71. The summed E-state index contributed by atoms with van der Waals surface area (Å²) in [6.45, 7) is 10.5. The molecule has 0 radical (unpaired) electrons. The molecule has 2 heterocycles. The van der Waals surface area contributed by atoms with Crippen molar-refractivity contribution in [2.45, 2.75) is 70.8 Å². The number of benzene rings is 3. The quantitative estimate of drug-likeness (QED) is 0.0167. The molecule has 2 aromatic carbocycles. The summed E-state index contributed by atoms with van der Waals surface area (Å²) in [7, 11) is -8.86. The van der Waals surface area contributed by atoms with Crippen molar-refractivity contribution in [2.75, 3.05) is 43.9 Å². The van der Waals surface area contributed by atoms with Gasteiger partial charge in [0.2, 0.25) is 5.36 Å². The molecule has 2 aliphatic heterocycles. The van der Waals surface area contributed by atoms with Gasteiger partial charge in [0.25, 0.3) is 26.1 Å². The van der Waals surface area contributed by atoms with E-state index < -0.39 is 48.3 Å². The molecule has 1 fully saturated rings. The second kappa shape index (κ2) is 18.2. The molecular weight excluding hydrogens is 803 g/mol. The smallest absolute Gasteiger partial charge is 0.309 e. The minimum atomic E-state index is -4.72. The molecule has 1 aliphatic carbocycles. The van der Waals surface area contributed by atoms with Gasteiger partial charge in [-0.15, -0.1) is 4.33 Å². The fourth-order valence-corrected chi connectivity index (χ4v) is 7.77. The number of likely N-dealkylation sites (tertiary alicyclic amines) is 1. The van der Waals surface area contributed by atoms with Crippen molar-refractivity contribution in [1.29, 1.82) is 0 Å². The zero-order chi connectivity index (χ0) is 41.7. The van der Waals surface area contributed by atoms with Crippen LogP contribution in [0.15, 0.2) is 51.8 Å². The van der Waals surface area contributed by atoms with Crippen LogP contribution in [0.3, 0.4) is 0 Å². The highest BCUT2D eigenvalue weighted by atomic mass is 32.2. The molecule has 1 saturated heterocycles. The molecule has 310 valence electrons. The summed E-state index contributed by atoms with van der Waals surface area (Å²) < 4.78 is 83.0. The fraction of sp³-hybridized carbons (Fsp3) is 0.447. The van der Waals surface area contributed by atoms with E-state index in [-0.39, 0.29) is 44.2 Å². The maximum Gasteiger partial charge on any atom is 0.309 e. The molecule has 3 aliphatic rings. The van der Waals surface area contributed by atoms with Gasteiger partial charge in [-0.1, -0.05) is 11.1 Å². The van der Waals surface area contributed by atoms with Crippen molar-refractivity contribution >= 4 is 61.7 Å². The van der Waals surface area contributed by atoms with E-state index in [0.717, 1.165) is 16.5 Å². The highest BCUT2D eigenvalue weighted by Gasteiger charge is 2.33. The van der Waals surface area contributed by atoms with Crippen molar-refractivity contribution in [2.24, 2.45) is 5.92 Å². The van der Waals surface area contributed by atoms with Gasteiger partial charge in [0.15, 0.2) is 0 Å². The molecule has 19 heteroatoms. The highest BCUT2D eigenvalue weighted by Crippen LogP contribution is 2.43. The number of piperidine rings is 1. The van der Waals surface area contributed by atoms with Crippen LogP contribution in [0.1, 0.15) is 67.9 Å². The van der Waals surface area contributed by atoms with Gasteiger partial charge in [-0.05, 0) is 89.3 Å². The number of hydrogen-bond acceptors (Lipinski definition) is 13. The summed E-state index contributed by atoms with van der Waals surface area (Å²) in [4.78, 5) is 36.7. The summed E-state index contributed by atoms with van der Waals surface area (Å²) in [6.07, 6.45) is 1.38. The van der Waals surface area contributed by atoms with E-state index in [1.165, 1.54) is 18.2 Å². The van der Waals surface area contributed by atoms with Crippen LogP contribution in [-0.4, -0.2) is 86.9 Å². The number of nitrogens with one attached hydrogen (secondary N) is 2. The van der Waals surface area contributed by atoms with E-state index in [0.29, 0.717) is 64.9 Å². The lowest BCUT2D eigenvalue weighted by atomic mass is 9.88. The summed E-state index contributed by atoms with van der Waals surface area (Å²) in [5, 5.41) is 8.86. The lowest BCUT2D eigenvalue weighted by molar-refractivity contribution is -0.508. The van der Waals surface area contributed by atoms with Crippen LogP contribution < -0.4 is 15.7 Å². The van der Waals surface area contributed by atoms with Crippen LogP contribution in [0.5, 0.6) is 0 Å². The van der Waals surface area contributed by atoms with Crippen LogP contribution in [-0.2, 0) is 44.0 Å². The minimum Gasteiger partial charge on any atom is -0.460 e. The molecule has 1 amide bonds. The van der Waals surface area contributed by atoms with Crippen LogP contribution in [0.2, 0.25) is 0 Å². The second-order valence-corrected chi connectivity index (χ2v) is 18.0. The number of thiol groups is 1. The van der Waals surface area contributed by atoms with Gasteiger partial charge in [0.05, 0.1) is 29.2 Å². The van der Waals surface area contributed by atoms with E-state index in [1.54, 1.807) is 31.7 Å². The number of carbonyl (C=O) groups is 2. The molecule has 0 unspecified atom stereocenters. The number of fused-ring (bicyclic) bond motifs is 2. The summed E-state index contributed by atoms with van der Waals surface area (Å²) in [5.41, 5.74) is 3.51. The van der Waals surface area contributed by atoms with Crippen molar-refractivity contribution in [3.8, 4) is 22.5 Å². The number of nitrogens with zero attached hydrogens (tertiary/aromatic N) is 1. The molecule has 0 aromatic heterocycles. The third-order valence-electron chi connectivity index (χ3n) is 9.42. The van der Waals surface area contributed by atoms with Gasteiger partial charge in [0.1, 0.15) is 23.5 Å². The minimum absolute atomic E-state index is 0.0203. The highest BCUT2D eigenvalue weighted by molar-refractivity contribution is 7.86. The van der Waals surface area contributed by atoms with E-state index in [2.05, 4.69) is 32.6 Å². The monoisotopic (exact) mass is 850 g/mol. The maximum atomic E-state index is 14.5. The van der Waals surface area contributed by atoms with Crippen molar-refractivity contribution < 1.29 is 63.9 Å². The van der Waals surface area contributed by atoms with Crippen LogP contribution >= 0.6 is 12.9 Å². The number of hydrogen-bond donors (Lipinski definition) is 5. The molecule has 5 rings (SSSR count). The zero-order valence-electron chi connectivity index (χ0n) is 32.3. The van der Waals surface area contributed by atoms with Crippen LogP contribution in [0.4, 0.5) is 5.69 Å². The molecule has 0 bridgehead atoms. The molecule has 0 atom stereocenters. The summed E-state index contributed by atoms with van der Waals surface area (Å²) >= 11 is 3.45. The van der Waals surface area contributed by atoms with E-state index in [1.807, 2.05) is 32.0 Å². The second-order valence-electron chi connectivity index (χ2n) is 14.9. The topological polar surface area (TPSA) is 222 Å². The number of aryl methyl sites for hydroxylation is 2. The van der Waals surface area contributed by atoms with Crippen molar-refractivity contribution in [3.63, 3.8) is 0 Å². The number of carbonyl (C=O) groups excluding carboxylic acids is 2. The van der Waals surface area contributed by atoms with Gasteiger partial charge in [-0.3, -0.25) is 18.7 Å². The van der Waals surface area contributed by atoms with Gasteiger partial charge in [-0.25, -0.2) is 9.88 Å². The van der Waals surface area contributed by atoms with Gasteiger partial charge in [-0.2, -0.15) is 16.8 Å². The molecule has 0 spiro atoms. The summed E-state index contributed by atoms with van der Waals surface area (Å²) in [6, 6.07) is 11.2. The van der Waals surface area contributed by atoms with Crippen molar-refractivity contribution in [3.05, 3.63) is 64.5 Å². The molecule has 57 heavy (non-hydrogen) atoms. The number of amides is 1. The molecule has 2 aromatic rings. The molecule has 16 nitrogen and oxygen atoms in total.